The van der Waals surface area contributed by atoms with Gasteiger partial charge in [0.1, 0.15) is 11.5 Å². The highest BCUT2D eigenvalue weighted by molar-refractivity contribution is 7.92. The van der Waals surface area contributed by atoms with Crippen molar-refractivity contribution in [1.82, 2.24) is 0 Å². The lowest BCUT2D eigenvalue weighted by Crippen LogP contribution is -2.30. The summed E-state index contributed by atoms with van der Waals surface area (Å²) in [6.45, 7) is 1.77. The Morgan fingerprint density at radius 3 is 2.31 bits per heavy atom. The molecule has 1 amide bonds. The maximum absolute atomic E-state index is 13.4. The zero-order valence-corrected chi connectivity index (χ0v) is 20.3. The van der Waals surface area contributed by atoms with Gasteiger partial charge in [0.2, 0.25) is 0 Å². The Morgan fingerprint density at radius 1 is 0.886 bits per heavy atom. The van der Waals surface area contributed by atoms with Gasteiger partial charge in [-0.1, -0.05) is 48.5 Å². The van der Waals surface area contributed by atoms with Crippen molar-refractivity contribution in [3.8, 4) is 11.5 Å². The lowest BCUT2D eigenvalue weighted by molar-refractivity contribution is -0.118. The minimum Gasteiger partial charge on any atom is -0.495 e. The van der Waals surface area contributed by atoms with Crippen LogP contribution in [0.1, 0.15) is 6.92 Å². The van der Waals surface area contributed by atoms with Crippen LogP contribution in [0.4, 0.5) is 11.4 Å². The van der Waals surface area contributed by atoms with Crippen LogP contribution in [0, 0.1) is 0 Å². The number of fused-ring (bicyclic) bond motifs is 1. The Balaban J connectivity index is 1.52. The summed E-state index contributed by atoms with van der Waals surface area (Å²) in [5.41, 5.74) is 0.796. The normalized spacial score (nSPS) is 11.1. The fourth-order valence-electron chi connectivity index (χ4n) is 3.75. The molecule has 0 aromatic heterocycles. The van der Waals surface area contributed by atoms with E-state index in [9.17, 15) is 13.2 Å². The summed E-state index contributed by atoms with van der Waals surface area (Å²) >= 11 is 0. The Kier molecular flexibility index (Phi) is 7.22. The van der Waals surface area contributed by atoms with Crippen LogP contribution in [0.3, 0.4) is 0 Å². The average Bonchev–Trinajstić information content (AvgIpc) is 2.88. The molecule has 0 bridgehead atoms. The zero-order chi connectivity index (χ0) is 24.8. The molecule has 0 aliphatic carbocycles. The van der Waals surface area contributed by atoms with Crippen LogP contribution in [0.15, 0.2) is 95.9 Å². The predicted molar refractivity (Wildman–Crippen MR) is 138 cm³/mol. The molecule has 7 nitrogen and oxygen atoms in total. The number of benzene rings is 4. The number of hydrogen-bond donors (Lipinski definition) is 1. The van der Waals surface area contributed by atoms with E-state index in [1.54, 1.807) is 37.3 Å². The molecule has 0 fully saturated rings. The zero-order valence-electron chi connectivity index (χ0n) is 19.5. The molecule has 0 heterocycles. The topological polar surface area (TPSA) is 84.9 Å². The van der Waals surface area contributed by atoms with Crippen molar-refractivity contribution in [3.63, 3.8) is 0 Å². The number of methoxy groups -OCH3 is 1. The van der Waals surface area contributed by atoms with E-state index in [0.717, 1.165) is 10.8 Å². The van der Waals surface area contributed by atoms with Crippen molar-refractivity contribution in [1.29, 1.82) is 0 Å². The molecule has 1 N–H and O–H groups in total. The first-order chi connectivity index (χ1) is 16.9. The van der Waals surface area contributed by atoms with Gasteiger partial charge in [-0.2, -0.15) is 0 Å². The molecule has 35 heavy (non-hydrogen) atoms. The third kappa shape index (κ3) is 5.38. The van der Waals surface area contributed by atoms with Gasteiger partial charge in [0.25, 0.3) is 15.9 Å². The highest BCUT2D eigenvalue weighted by Crippen LogP contribution is 2.31. The van der Waals surface area contributed by atoms with Crippen molar-refractivity contribution < 1.29 is 22.7 Å². The third-order valence-corrected chi connectivity index (χ3v) is 7.35. The standard InChI is InChI=1S/C27H26N2O5S/c1-3-29(22-11-5-4-6-12-22)35(31,32)24-15-16-26(33-2)25(18-24)28-27(30)19-34-23-14-13-20-9-7-8-10-21(20)17-23/h4-18H,3,19H2,1-2H3,(H,28,30). The second kappa shape index (κ2) is 10.5. The fourth-order valence-corrected chi connectivity index (χ4v) is 5.25. The van der Waals surface area contributed by atoms with Crippen molar-refractivity contribution >= 4 is 38.1 Å². The van der Waals surface area contributed by atoms with Crippen molar-refractivity contribution in [2.24, 2.45) is 0 Å². The summed E-state index contributed by atoms with van der Waals surface area (Å²) in [4.78, 5) is 12.7. The van der Waals surface area contributed by atoms with Crippen LogP contribution in [-0.2, 0) is 14.8 Å². The Labute approximate surface area is 205 Å². The summed E-state index contributed by atoms with van der Waals surface area (Å²) in [6, 6.07) is 26.7. The van der Waals surface area contributed by atoms with E-state index in [2.05, 4.69) is 5.32 Å². The minimum atomic E-state index is -3.87. The quantitative estimate of drug-likeness (QED) is 0.354. The summed E-state index contributed by atoms with van der Waals surface area (Å²) in [5, 5.41) is 4.78. The molecule has 0 saturated heterocycles. The Bertz CT molecular complexity index is 1440. The van der Waals surface area contributed by atoms with E-state index in [-0.39, 0.29) is 23.7 Å². The molecule has 0 unspecified atom stereocenters. The smallest absolute Gasteiger partial charge is 0.264 e. The number of nitrogens with one attached hydrogen (secondary N) is 1. The summed E-state index contributed by atoms with van der Waals surface area (Å²) in [6.07, 6.45) is 0. The molecular weight excluding hydrogens is 464 g/mol. The number of para-hydroxylation sites is 1. The molecule has 4 aromatic rings. The number of ether oxygens (including phenoxy) is 2. The van der Waals surface area contributed by atoms with Crippen LogP contribution in [0.5, 0.6) is 11.5 Å². The van der Waals surface area contributed by atoms with E-state index >= 15 is 0 Å². The van der Waals surface area contributed by atoms with Crippen molar-refractivity contribution in [2.75, 3.05) is 29.9 Å². The summed E-state index contributed by atoms with van der Waals surface area (Å²) < 4.78 is 39.0. The number of carbonyl (C=O) groups is 1. The lowest BCUT2D eigenvalue weighted by Gasteiger charge is -2.23. The van der Waals surface area contributed by atoms with Gasteiger partial charge >= 0.3 is 0 Å². The molecule has 0 aliphatic rings. The maximum Gasteiger partial charge on any atom is 0.264 e. The van der Waals surface area contributed by atoms with Gasteiger partial charge in [-0.3, -0.25) is 9.10 Å². The summed E-state index contributed by atoms with van der Waals surface area (Å²) in [5.74, 6) is 0.454. The maximum atomic E-state index is 13.4. The highest BCUT2D eigenvalue weighted by atomic mass is 32.2. The van der Waals surface area contributed by atoms with Gasteiger partial charge in [-0.05, 0) is 60.2 Å². The molecule has 8 heteroatoms. The Morgan fingerprint density at radius 2 is 1.60 bits per heavy atom. The molecular formula is C27H26N2O5S. The Hall–Kier alpha value is -4.04. The van der Waals surface area contributed by atoms with Crippen LogP contribution < -0.4 is 19.1 Å². The number of sulfonamides is 1. The number of amides is 1. The molecule has 180 valence electrons. The van der Waals surface area contributed by atoms with E-state index in [1.165, 1.54) is 29.6 Å². The number of nitrogens with zero attached hydrogens (tertiary/aromatic N) is 1. The second-order valence-electron chi connectivity index (χ2n) is 7.71. The van der Waals surface area contributed by atoms with E-state index in [4.69, 9.17) is 9.47 Å². The summed E-state index contributed by atoms with van der Waals surface area (Å²) in [7, 11) is -2.42. The molecule has 4 rings (SSSR count). The van der Waals surface area contributed by atoms with Gasteiger partial charge in [0.15, 0.2) is 6.61 Å². The van der Waals surface area contributed by atoms with Gasteiger partial charge in [0.05, 0.1) is 23.4 Å². The first-order valence-corrected chi connectivity index (χ1v) is 12.5. The van der Waals surface area contributed by atoms with Crippen molar-refractivity contribution in [2.45, 2.75) is 11.8 Å². The molecule has 0 aliphatic heterocycles. The lowest BCUT2D eigenvalue weighted by atomic mass is 10.1. The van der Waals surface area contributed by atoms with E-state index < -0.39 is 15.9 Å². The van der Waals surface area contributed by atoms with Gasteiger partial charge in [-0.15, -0.1) is 0 Å². The monoisotopic (exact) mass is 490 g/mol. The molecule has 0 saturated carbocycles. The third-order valence-electron chi connectivity index (χ3n) is 5.46. The SMILES string of the molecule is CCN(c1ccccc1)S(=O)(=O)c1ccc(OC)c(NC(=O)COc2ccc3ccccc3c2)c1. The van der Waals surface area contributed by atoms with Crippen molar-refractivity contribution in [3.05, 3.63) is 91.0 Å². The number of rotatable bonds is 9. The number of hydrogen-bond acceptors (Lipinski definition) is 5. The predicted octanol–water partition coefficient (Wildman–Crippen LogP) is 5.08. The van der Waals surface area contributed by atoms with Crippen LogP contribution >= 0.6 is 0 Å². The first kappa shape index (κ1) is 24.1. The van der Waals surface area contributed by atoms with Crippen LogP contribution in [-0.4, -0.2) is 34.6 Å². The number of carbonyl (C=O) groups excluding carboxylic acids is 1. The molecule has 0 spiro atoms. The average molecular weight is 491 g/mol. The number of anilines is 2. The first-order valence-electron chi connectivity index (χ1n) is 11.1. The highest BCUT2D eigenvalue weighted by Gasteiger charge is 2.25. The van der Waals surface area contributed by atoms with Gasteiger partial charge in [-0.25, -0.2) is 8.42 Å². The van der Waals surface area contributed by atoms with Gasteiger partial charge in [0, 0.05) is 6.54 Å². The molecule has 4 aromatic carbocycles. The largest absolute Gasteiger partial charge is 0.495 e. The van der Waals surface area contributed by atoms with E-state index in [1.807, 2.05) is 42.5 Å². The van der Waals surface area contributed by atoms with Crippen LogP contribution in [0.25, 0.3) is 10.8 Å². The second-order valence-corrected chi connectivity index (χ2v) is 9.58. The van der Waals surface area contributed by atoms with E-state index in [0.29, 0.717) is 17.2 Å². The molecule has 0 radical (unpaired) electrons. The fraction of sp³-hybridized carbons (Fsp3) is 0.148. The minimum absolute atomic E-state index is 0.0368. The molecule has 0 atom stereocenters. The van der Waals surface area contributed by atoms with Crippen LogP contribution in [0.2, 0.25) is 0 Å². The van der Waals surface area contributed by atoms with Gasteiger partial charge < -0.3 is 14.8 Å².